The summed E-state index contributed by atoms with van der Waals surface area (Å²) in [5.74, 6) is 0.948. The van der Waals surface area contributed by atoms with Crippen LogP contribution in [0.1, 0.15) is 33.6 Å². The largest absolute Gasteiger partial charge is 0.350 e. The molecule has 4 heteroatoms. The van der Waals surface area contributed by atoms with Crippen LogP contribution in [0.25, 0.3) is 0 Å². The number of carbonyl (C=O) groups is 1. The zero-order chi connectivity index (χ0) is 11.4. The van der Waals surface area contributed by atoms with Gasteiger partial charge in [-0.05, 0) is 31.8 Å². The third-order valence-corrected chi connectivity index (χ3v) is 2.72. The van der Waals surface area contributed by atoms with E-state index in [9.17, 15) is 4.79 Å². The number of rotatable bonds is 2. The Kier molecular flexibility index (Phi) is 3.88. The molecule has 0 bridgehead atoms. The molecule has 1 aliphatic rings. The molecule has 1 rings (SSSR count). The molecular formula is C11H19N3O. The van der Waals surface area contributed by atoms with E-state index in [0.717, 1.165) is 18.6 Å². The van der Waals surface area contributed by atoms with E-state index in [0.29, 0.717) is 11.8 Å². The van der Waals surface area contributed by atoms with Crippen molar-refractivity contribution in [2.75, 3.05) is 0 Å². The molecule has 0 fully saturated rings. The monoisotopic (exact) mass is 209 g/mol. The lowest BCUT2D eigenvalue weighted by Crippen LogP contribution is -2.29. The Hall–Kier alpha value is -1.32. The van der Waals surface area contributed by atoms with Crippen LogP contribution in [-0.2, 0) is 0 Å². The molecule has 0 aromatic carbocycles. The molecular weight excluding hydrogens is 190 g/mol. The molecule has 0 spiro atoms. The number of nitrogens with two attached hydrogens (primary N) is 1. The highest BCUT2D eigenvalue weighted by Gasteiger charge is 2.22. The fourth-order valence-corrected chi connectivity index (χ4v) is 1.87. The fraction of sp³-hybridized carbons (Fsp3) is 0.636. The van der Waals surface area contributed by atoms with Crippen molar-refractivity contribution >= 4 is 11.7 Å². The number of primary amides is 1. The summed E-state index contributed by atoms with van der Waals surface area (Å²) in [5.41, 5.74) is 9.53. The van der Waals surface area contributed by atoms with Crippen LogP contribution in [0.5, 0.6) is 0 Å². The Labute approximate surface area is 90.6 Å². The number of allylic oxidation sites excluding steroid dienone is 2. The summed E-state index contributed by atoms with van der Waals surface area (Å²) in [6.07, 6.45) is 4.25. The lowest BCUT2D eigenvalue weighted by Gasteiger charge is -2.25. The van der Waals surface area contributed by atoms with Gasteiger partial charge >= 0.3 is 6.03 Å². The smallest absolute Gasteiger partial charge is 0.332 e. The molecule has 0 aromatic rings. The first-order valence-corrected chi connectivity index (χ1v) is 5.31. The average Bonchev–Trinajstić information content (AvgIpc) is 2.14. The second-order valence-electron chi connectivity index (χ2n) is 4.39. The summed E-state index contributed by atoms with van der Waals surface area (Å²) in [7, 11) is 0. The van der Waals surface area contributed by atoms with Crippen LogP contribution in [0.4, 0.5) is 4.79 Å². The number of hydrogen-bond acceptors (Lipinski definition) is 2. The fourth-order valence-electron chi connectivity index (χ4n) is 1.87. The highest BCUT2D eigenvalue weighted by Crippen LogP contribution is 2.27. The molecule has 0 aromatic heterocycles. The number of amides is 2. The molecule has 0 aliphatic heterocycles. The number of urea groups is 1. The minimum Gasteiger partial charge on any atom is -0.350 e. The van der Waals surface area contributed by atoms with Gasteiger partial charge in [0.2, 0.25) is 0 Å². The highest BCUT2D eigenvalue weighted by molar-refractivity contribution is 5.98. The summed E-state index contributed by atoms with van der Waals surface area (Å²) in [5, 5.41) is 4.05. The van der Waals surface area contributed by atoms with Crippen LogP contribution in [-0.4, -0.2) is 11.7 Å². The van der Waals surface area contributed by atoms with Crippen molar-refractivity contribution in [1.29, 1.82) is 0 Å². The molecule has 0 radical (unpaired) electrons. The number of hydrazone groups is 1. The number of nitrogens with zero attached hydrogens (tertiary/aromatic N) is 1. The minimum absolute atomic E-state index is 0.417. The predicted octanol–water partition coefficient (Wildman–Crippen LogP) is 2.02. The van der Waals surface area contributed by atoms with Gasteiger partial charge in [-0.1, -0.05) is 19.4 Å². The van der Waals surface area contributed by atoms with Crippen LogP contribution in [0.15, 0.2) is 16.8 Å². The van der Waals surface area contributed by atoms with E-state index < -0.39 is 6.03 Å². The van der Waals surface area contributed by atoms with Gasteiger partial charge in [0.25, 0.3) is 0 Å². The third-order valence-electron chi connectivity index (χ3n) is 2.72. The van der Waals surface area contributed by atoms with E-state index in [1.54, 1.807) is 0 Å². The predicted molar refractivity (Wildman–Crippen MR) is 61.5 cm³/mol. The summed E-state index contributed by atoms with van der Waals surface area (Å²) in [4.78, 5) is 10.6. The van der Waals surface area contributed by atoms with Gasteiger partial charge in [-0.25, -0.2) is 10.2 Å². The van der Waals surface area contributed by atoms with Gasteiger partial charge in [-0.3, -0.25) is 0 Å². The van der Waals surface area contributed by atoms with Crippen molar-refractivity contribution in [1.82, 2.24) is 5.43 Å². The van der Waals surface area contributed by atoms with Crippen molar-refractivity contribution in [3.8, 4) is 0 Å². The normalized spacial score (nSPS) is 24.1. The standard InChI is InChI=1S/C11H19N3O/c1-7(2)9-5-4-8(3)6-10(9)13-14-11(12)15/h6-7,9H,4-5H2,1-3H3,(H3,12,14,15)/t9-/m0/s1. The average molecular weight is 209 g/mol. The maximum atomic E-state index is 10.6. The molecule has 84 valence electrons. The van der Waals surface area contributed by atoms with Gasteiger partial charge in [-0.15, -0.1) is 0 Å². The molecule has 0 saturated heterocycles. The second kappa shape index (κ2) is 4.96. The van der Waals surface area contributed by atoms with Crippen LogP contribution in [0.2, 0.25) is 0 Å². The van der Waals surface area contributed by atoms with Gasteiger partial charge in [0, 0.05) is 5.92 Å². The Morgan fingerprint density at radius 3 is 2.87 bits per heavy atom. The summed E-state index contributed by atoms with van der Waals surface area (Å²) in [6, 6.07) is -0.610. The molecule has 2 amide bonds. The minimum atomic E-state index is -0.610. The van der Waals surface area contributed by atoms with Crippen molar-refractivity contribution in [2.45, 2.75) is 33.6 Å². The van der Waals surface area contributed by atoms with Crippen LogP contribution in [0, 0.1) is 11.8 Å². The number of hydrogen-bond donors (Lipinski definition) is 2. The SMILES string of the molecule is CC1=CC(=NNC(N)=O)[C@H](C(C)C)CC1. The topological polar surface area (TPSA) is 67.5 Å². The maximum Gasteiger partial charge on any atom is 0.332 e. The van der Waals surface area contributed by atoms with Crippen molar-refractivity contribution in [3.63, 3.8) is 0 Å². The van der Waals surface area contributed by atoms with E-state index >= 15 is 0 Å². The van der Waals surface area contributed by atoms with Crippen LogP contribution in [0.3, 0.4) is 0 Å². The van der Waals surface area contributed by atoms with Crippen LogP contribution >= 0.6 is 0 Å². The molecule has 0 saturated carbocycles. The Balaban J connectivity index is 2.82. The first kappa shape index (κ1) is 11.8. The van der Waals surface area contributed by atoms with Crippen molar-refractivity contribution in [2.24, 2.45) is 22.7 Å². The van der Waals surface area contributed by atoms with Crippen molar-refractivity contribution in [3.05, 3.63) is 11.6 Å². The second-order valence-corrected chi connectivity index (χ2v) is 4.39. The van der Waals surface area contributed by atoms with E-state index in [1.807, 2.05) is 6.08 Å². The third kappa shape index (κ3) is 3.38. The number of nitrogens with one attached hydrogen (secondary N) is 1. The molecule has 15 heavy (non-hydrogen) atoms. The Morgan fingerprint density at radius 2 is 2.33 bits per heavy atom. The molecule has 0 unspecified atom stereocenters. The molecule has 0 heterocycles. The molecule has 1 atom stereocenters. The van der Waals surface area contributed by atoms with E-state index in [4.69, 9.17) is 5.73 Å². The Morgan fingerprint density at radius 1 is 1.67 bits per heavy atom. The van der Waals surface area contributed by atoms with Gasteiger partial charge in [0.15, 0.2) is 0 Å². The van der Waals surface area contributed by atoms with E-state index in [-0.39, 0.29) is 0 Å². The van der Waals surface area contributed by atoms with E-state index in [1.165, 1.54) is 5.57 Å². The first-order valence-electron chi connectivity index (χ1n) is 5.31. The summed E-state index contributed by atoms with van der Waals surface area (Å²) in [6.45, 7) is 6.41. The molecule has 1 aliphatic carbocycles. The van der Waals surface area contributed by atoms with Crippen molar-refractivity contribution < 1.29 is 4.79 Å². The summed E-state index contributed by atoms with van der Waals surface area (Å²) < 4.78 is 0. The molecule has 4 nitrogen and oxygen atoms in total. The maximum absolute atomic E-state index is 10.6. The van der Waals surface area contributed by atoms with Gasteiger partial charge < -0.3 is 5.73 Å². The van der Waals surface area contributed by atoms with E-state index in [2.05, 4.69) is 31.3 Å². The summed E-state index contributed by atoms with van der Waals surface area (Å²) >= 11 is 0. The van der Waals surface area contributed by atoms with Gasteiger partial charge in [-0.2, -0.15) is 5.10 Å². The van der Waals surface area contributed by atoms with Gasteiger partial charge in [0.05, 0.1) is 5.71 Å². The zero-order valence-electron chi connectivity index (χ0n) is 9.58. The molecule has 3 N–H and O–H groups in total. The highest BCUT2D eigenvalue weighted by atomic mass is 16.2. The zero-order valence-corrected chi connectivity index (χ0v) is 9.58. The lowest BCUT2D eigenvalue weighted by atomic mass is 9.81. The first-order chi connectivity index (χ1) is 7.00. The lowest BCUT2D eigenvalue weighted by molar-refractivity contribution is 0.249. The van der Waals surface area contributed by atoms with Crippen LogP contribution < -0.4 is 11.2 Å². The quantitative estimate of drug-likeness (QED) is 0.671. The number of carbonyl (C=O) groups excluding carboxylic acids is 1. The van der Waals surface area contributed by atoms with Gasteiger partial charge in [0.1, 0.15) is 0 Å². The Bertz CT molecular complexity index is 305.